The van der Waals surface area contributed by atoms with E-state index in [-0.39, 0.29) is 0 Å². The number of nitrogens with zero attached hydrogens (tertiary/aromatic N) is 1. The van der Waals surface area contributed by atoms with Gasteiger partial charge >= 0.3 is 0 Å². The van der Waals surface area contributed by atoms with Crippen LogP contribution in [0.1, 0.15) is 12.5 Å². The lowest BCUT2D eigenvalue weighted by Crippen LogP contribution is -2.32. The van der Waals surface area contributed by atoms with Crippen LogP contribution in [-0.2, 0) is 0 Å². The summed E-state index contributed by atoms with van der Waals surface area (Å²) in [6.07, 6.45) is 2.09. The molecule has 17 heavy (non-hydrogen) atoms. The summed E-state index contributed by atoms with van der Waals surface area (Å²) in [6.45, 7) is 2.17. The second-order valence-electron chi connectivity index (χ2n) is 3.94. The fourth-order valence-corrected chi connectivity index (χ4v) is 2.64. The lowest BCUT2D eigenvalue weighted by Gasteiger charge is -2.28. The van der Waals surface area contributed by atoms with E-state index in [4.69, 9.17) is 29.6 Å². The Kier molecular flexibility index (Phi) is 5.56. The largest absolute Gasteiger partial charge is 0.389 e. The van der Waals surface area contributed by atoms with E-state index in [2.05, 4.69) is 18.1 Å². The van der Waals surface area contributed by atoms with Crippen LogP contribution in [0.2, 0.25) is 5.02 Å². The van der Waals surface area contributed by atoms with E-state index < -0.39 is 0 Å². The summed E-state index contributed by atoms with van der Waals surface area (Å²) in [5.41, 5.74) is 7.60. The molecule has 0 spiro atoms. The van der Waals surface area contributed by atoms with Gasteiger partial charge in [0.25, 0.3) is 0 Å². The van der Waals surface area contributed by atoms with Crippen LogP contribution in [0, 0.1) is 0 Å². The summed E-state index contributed by atoms with van der Waals surface area (Å²) < 4.78 is 0. The predicted octanol–water partition coefficient (Wildman–Crippen LogP) is 3.16. The van der Waals surface area contributed by atoms with Crippen molar-refractivity contribution >= 4 is 46.3 Å². The fraction of sp³-hybridized carbons (Fsp3) is 0.417. The highest BCUT2D eigenvalue weighted by molar-refractivity contribution is 7.98. The third-order valence-corrected chi connectivity index (χ3v) is 3.95. The minimum Gasteiger partial charge on any atom is -0.389 e. The average molecular weight is 289 g/mol. The number of anilines is 1. The second-order valence-corrected chi connectivity index (χ2v) is 5.73. The first kappa shape index (κ1) is 14.6. The van der Waals surface area contributed by atoms with E-state index >= 15 is 0 Å². The maximum absolute atomic E-state index is 6.03. The molecule has 1 unspecified atom stereocenters. The van der Waals surface area contributed by atoms with Crippen molar-refractivity contribution in [3.63, 3.8) is 0 Å². The quantitative estimate of drug-likeness (QED) is 0.843. The molecule has 0 heterocycles. The number of rotatable bonds is 5. The zero-order valence-corrected chi connectivity index (χ0v) is 12.6. The Morgan fingerprint density at radius 2 is 2.24 bits per heavy atom. The number of hydrogen-bond acceptors (Lipinski definition) is 3. The Labute approximate surface area is 118 Å². The minimum atomic E-state index is 0.400. The molecule has 94 valence electrons. The Bertz CT molecular complexity index is 409. The van der Waals surface area contributed by atoms with E-state index in [1.165, 1.54) is 0 Å². The fourth-order valence-electron chi connectivity index (χ4n) is 1.60. The molecule has 1 aromatic carbocycles. The number of thiocarbonyl (C=S) groups is 1. The first-order valence-electron chi connectivity index (χ1n) is 5.28. The van der Waals surface area contributed by atoms with E-state index in [9.17, 15) is 0 Å². The molecule has 0 amide bonds. The molecular formula is C12H17ClN2S2. The van der Waals surface area contributed by atoms with Crippen LogP contribution in [-0.4, -0.2) is 30.1 Å². The van der Waals surface area contributed by atoms with Crippen LogP contribution in [0.3, 0.4) is 0 Å². The molecule has 0 aliphatic rings. The van der Waals surface area contributed by atoms with Gasteiger partial charge in [-0.05, 0) is 31.4 Å². The molecule has 0 aliphatic carbocycles. The molecule has 0 saturated carbocycles. The molecule has 5 heteroatoms. The van der Waals surface area contributed by atoms with E-state index in [1.54, 1.807) is 0 Å². The van der Waals surface area contributed by atoms with Crippen LogP contribution < -0.4 is 10.6 Å². The van der Waals surface area contributed by atoms with Crippen molar-refractivity contribution in [2.24, 2.45) is 5.73 Å². The van der Waals surface area contributed by atoms with Crippen LogP contribution in [0.15, 0.2) is 18.2 Å². The van der Waals surface area contributed by atoms with Crippen molar-refractivity contribution in [3.8, 4) is 0 Å². The van der Waals surface area contributed by atoms with E-state index in [0.717, 1.165) is 17.0 Å². The van der Waals surface area contributed by atoms with Crippen molar-refractivity contribution in [1.82, 2.24) is 0 Å². The Morgan fingerprint density at radius 3 is 2.76 bits per heavy atom. The summed E-state index contributed by atoms with van der Waals surface area (Å²) in [7, 11) is 2.04. The number of benzene rings is 1. The number of thioether (sulfide) groups is 1. The van der Waals surface area contributed by atoms with Crippen molar-refractivity contribution < 1.29 is 0 Å². The average Bonchev–Trinajstić information content (AvgIpc) is 2.27. The van der Waals surface area contributed by atoms with Crippen LogP contribution in [0.5, 0.6) is 0 Å². The molecule has 1 aromatic rings. The smallest absolute Gasteiger partial charge is 0.106 e. The molecule has 0 fully saturated rings. The molecular weight excluding hydrogens is 272 g/mol. The highest BCUT2D eigenvalue weighted by Crippen LogP contribution is 2.26. The lowest BCUT2D eigenvalue weighted by molar-refractivity contribution is 0.765. The molecule has 0 saturated heterocycles. The summed E-state index contributed by atoms with van der Waals surface area (Å²) >= 11 is 12.9. The third-order valence-electron chi connectivity index (χ3n) is 2.67. The van der Waals surface area contributed by atoms with Crippen LogP contribution >= 0.6 is 35.6 Å². The maximum atomic E-state index is 6.03. The van der Waals surface area contributed by atoms with Gasteiger partial charge in [0, 0.05) is 35.1 Å². The van der Waals surface area contributed by atoms with Gasteiger partial charge in [-0.25, -0.2) is 0 Å². The highest BCUT2D eigenvalue weighted by Gasteiger charge is 2.15. The minimum absolute atomic E-state index is 0.400. The molecule has 0 aliphatic heterocycles. The molecule has 2 N–H and O–H groups in total. The van der Waals surface area contributed by atoms with Gasteiger partial charge < -0.3 is 10.6 Å². The third kappa shape index (κ3) is 3.76. The first-order valence-corrected chi connectivity index (χ1v) is 7.46. The molecule has 1 rings (SSSR count). The summed E-state index contributed by atoms with van der Waals surface area (Å²) in [5, 5.41) is 0.697. The van der Waals surface area contributed by atoms with Gasteiger partial charge in [0.2, 0.25) is 0 Å². The lowest BCUT2D eigenvalue weighted by atomic mass is 10.1. The molecule has 0 bridgehead atoms. The Morgan fingerprint density at radius 1 is 1.59 bits per heavy atom. The number of nitrogens with two attached hydrogens (primary N) is 1. The topological polar surface area (TPSA) is 29.3 Å². The van der Waals surface area contributed by atoms with Crippen molar-refractivity contribution in [2.45, 2.75) is 13.0 Å². The predicted molar refractivity (Wildman–Crippen MR) is 83.6 cm³/mol. The van der Waals surface area contributed by atoms with Crippen molar-refractivity contribution in [3.05, 3.63) is 28.8 Å². The van der Waals surface area contributed by atoms with Crippen molar-refractivity contribution in [1.29, 1.82) is 0 Å². The van der Waals surface area contributed by atoms with Crippen LogP contribution in [0.4, 0.5) is 5.69 Å². The molecule has 0 aromatic heterocycles. The molecule has 2 nitrogen and oxygen atoms in total. The van der Waals surface area contributed by atoms with Gasteiger partial charge in [-0.1, -0.05) is 23.8 Å². The highest BCUT2D eigenvalue weighted by atomic mass is 35.5. The van der Waals surface area contributed by atoms with E-state index in [1.807, 2.05) is 37.0 Å². The zero-order valence-electron chi connectivity index (χ0n) is 10.2. The second kappa shape index (κ2) is 6.47. The van der Waals surface area contributed by atoms with Gasteiger partial charge in [0.15, 0.2) is 0 Å². The van der Waals surface area contributed by atoms with Crippen molar-refractivity contribution in [2.75, 3.05) is 24.0 Å². The monoisotopic (exact) mass is 288 g/mol. The molecule has 0 radical (unpaired) electrons. The van der Waals surface area contributed by atoms with Gasteiger partial charge in [0.1, 0.15) is 4.99 Å². The Hall–Kier alpha value is -0.450. The van der Waals surface area contributed by atoms with Gasteiger partial charge in [-0.2, -0.15) is 11.8 Å². The van der Waals surface area contributed by atoms with Gasteiger partial charge in [-0.3, -0.25) is 0 Å². The normalized spacial score (nSPS) is 12.2. The SMILES string of the molecule is CSCC(C)N(C)c1cc(Cl)ccc1C(N)=S. The molecule has 1 atom stereocenters. The van der Waals surface area contributed by atoms with E-state index in [0.29, 0.717) is 16.1 Å². The first-order chi connectivity index (χ1) is 7.97. The van der Waals surface area contributed by atoms with Gasteiger partial charge in [0.05, 0.1) is 0 Å². The standard InChI is InChI=1S/C12H17ClN2S2/c1-8(7-17-3)15(2)11-6-9(13)4-5-10(11)12(14)16/h4-6,8H,7H2,1-3H3,(H2,14,16). The summed E-state index contributed by atoms with van der Waals surface area (Å²) in [5.74, 6) is 1.04. The zero-order chi connectivity index (χ0) is 13.0. The number of halogens is 1. The summed E-state index contributed by atoms with van der Waals surface area (Å²) in [4.78, 5) is 2.57. The Balaban J connectivity index is 3.10. The maximum Gasteiger partial charge on any atom is 0.106 e. The van der Waals surface area contributed by atoms with Crippen LogP contribution in [0.25, 0.3) is 0 Å². The summed E-state index contributed by atoms with van der Waals surface area (Å²) in [6, 6.07) is 6.00. The number of hydrogen-bond donors (Lipinski definition) is 1. The van der Waals surface area contributed by atoms with Gasteiger partial charge in [-0.15, -0.1) is 0 Å².